The number of hydrogen-bond acceptors (Lipinski definition) is 9. The number of halogens is 1. The second kappa shape index (κ2) is 8.38. The first-order chi connectivity index (χ1) is 16.8. The maximum atomic E-state index is 9.45. The minimum Gasteiger partial charge on any atom is -0.380 e. The zero-order chi connectivity index (χ0) is 24.4. The summed E-state index contributed by atoms with van der Waals surface area (Å²) in [6.45, 7) is 5.80. The van der Waals surface area contributed by atoms with Gasteiger partial charge in [-0.2, -0.15) is 5.26 Å². The maximum Gasteiger partial charge on any atom is 0.171 e. The Morgan fingerprint density at radius 1 is 1.20 bits per heavy atom. The van der Waals surface area contributed by atoms with E-state index in [2.05, 4.69) is 33.7 Å². The van der Waals surface area contributed by atoms with Gasteiger partial charge in [-0.25, -0.2) is 4.98 Å². The molecule has 0 unspecified atom stereocenters. The van der Waals surface area contributed by atoms with E-state index in [-0.39, 0.29) is 15.6 Å². The zero-order valence-corrected chi connectivity index (χ0v) is 22.0. The third kappa shape index (κ3) is 4.25. The topological polar surface area (TPSA) is 113 Å². The summed E-state index contributed by atoms with van der Waals surface area (Å²) in [5.41, 5.74) is 1.60. The Bertz CT molecular complexity index is 1260. The van der Waals surface area contributed by atoms with E-state index in [0.29, 0.717) is 29.2 Å². The van der Waals surface area contributed by atoms with Crippen LogP contribution in [-0.4, -0.2) is 51.3 Å². The first kappa shape index (κ1) is 23.6. The van der Waals surface area contributed by atoms with E-state index >= 15 is 0 Å². The molecule has 0 atom stereocenters. The number of fused-ring (bicyclic) bond motifs is 1. The van der Waals surface area contributed by atoms with E-state index in [1.165, 1.54) is 0 Å². The Labute approximate surface area is 218 Å². The average molecular weight is 530 g/mol. The van der Waals surface area contributed by atoms with E-state index in [4.69, 9.17) is 27.2 Å². The standard InChI is InChI=1S/C24H28ClN7OS2/c1-22(2-3-22)30-35-15-10-16(31-8-6-23(7-9-31)13-33-14-23)17-18(25)29-20(32(17)11-15)19(27)34-21(28)24(12-26)4-5-24/h10-11,27-28,30H,2-9,13-14H2,1H3. The lowest BCUT2D eigenvalue weighted by atomic mass is 9.77. The second-order valence-corrected chi connectivity index (χ2v) is 13.0. The number of pyridine rings is 1. The number of hydrogen-bond donors (Lipinski definition) is 3. The fraction of sp³-hybridized carbons (Fsp3) is 0.583. The summed E-state index contributed by atoms with van der Waals surface area (Å²) in [4.78, 5) is 7.99. The highest BCUT2D eigenvalue weighted by Gasteiger charge is 2.48. The van der Waals surface area contributed by atoms with Gasteiger partial charge in [0.25, 0.3) is 0 Å². The van der Waals surface area contributed by atoms with E-state index in [1.54, 1.807) is 11.9 Å². The van der Waals surface area contributed by atoms with E-state index in [1.807, 2.05) is 10.6 Å². The molecule has 0 aromatic carbocycles. The maximum absolute atomic E-state index is 9.45. The summed E-state index contributed by atoms with van der Waals surface area (Å²) >= 11 is 9.33. The fourth-order valence-corrected chi connectivity index (χ4v) is 6.77. The first-order valence-electron chi connectivity index (χ1n) is 12.0. The first-order valence-corrected chi connectivity index (χ1v) is 14.0. The van der Waals surface area contributed by atoms with Gasteiger partial charge in [-0.05, 0) is 63.5 Å². The summed E-state index contributed by atoms with van der Waals surface area (Å²) in [5.74, 6) is 0.413. The van der Waals surface area contributed by atoms with Crippen molar-refractivity contribution in [2.45, 2.75) is 55.9 Å². The molecule has 6 rings (SSSR count). The van der Waals surface area contributed by atoms with E-state index in [0.717, 1.165) is 79.8 Å². The predicted molar refractivity (Wildman–Crippen MR) is 141 cm³/mol. The Morgan fingerprint density at radius 2 is 1.91 bits per heavy atom. The number of piperidine rings is 1. The molecule has 184 valence electrons. The van der Waals surface area contributed by atoms with Crippen LogP contribution in [0.3, 0.4) is 0 Å². The highest BCUT2D eigenvalue weighted by atomic mass is 35.5. The normalized spacial score (nSPS) is 23.1. The van der Waals surface area contributed by atoms with Gasteiger partial charge in [0.15, 0.2) is 11.0 Å². The molecule has 11 heteroatoms. The van der Waals surface area contributed by atoms with Crippen LogP contribution in [0.2, 0.25) is 5.15 Å². The van der Waals surface area contributed by atoms with Crippen LogP contribution >= 0.6 is 35.3 Å². The molecule has 4 heterocycles. The Morgan fingerprint density at radius 3 is 2.49 bits per heavy atom. The van der Waals surface area contributed by atoms with Crippen molar-refractivity contribution in [2.75, 3.05) is 31.2 Å². The Kier molecular flexibility index (Phi) is 5.66. The van der Waals surface area contributed by atoms with Crippen LogP contribution in [0.4, 0.5) is 5.69 Å². The number of nitrogens with one attached hydrogen (secondary N) is 3. The molecule has 0 bridgehead atoms. The number of rotatable bonds is 6. The number of nitriles is 1. The molecule has 3 N–H and O–H groups in total. The van der Waals surface area contributed by atoms with Crippen LogP contribution in [0.25, 0.3) is 5.52 Å². The van der Waals surface area contributed by atoms with Crippen molar-refractivity contribution < 1.29 is 4.74 Å². The molecule has 0 radical (unpaired) electrons. The minimum absolute atomic E-state index is 0.137. The van der Waals surface area contributed by atoms with Gasteiger partial charge in [0.1, 0.15) is 16.0 Å². The molecule has 2 saturated carbocycles. The summed E-state index contributed by atoms with van der Waals surface area (Å²) in [7, 11) is 0. The number of anilines is 1. The molecule has 1 spiro atoms. The van der Waals surface area contributed by atoms with Crippen molar-refractivity contribution in [2.24, 2.45) is 10.8 Å². The number of imidazole rings is 1. The van der Waals surface area contributed by atoms with Gasteiger partial charge in [0.2, 0.25) is 0 Å². The molecule has 2 saturated heterocycles. The molecular weight excluding hydrogens is 502 g/mol. The highest BCUT2D eigenvalue weighted by molar-refractivity contribution is 8.26. The lowest BCUT2D eigenvalue weighted by molar-refractivity contribution is -0.124. The van der Waals surface area contributed by atoms with Gasteiger partial charge < -0.3 is 9.64 Å². The van der Waals surface area contributed by atoms with Crippen molar-refractivity contribution in [3.8, 4) is 6.07 Å². The van der Waals surface area contributed by atoms with Crippen molar-refractivity contribution in [1.29, 1.82) is 16.1 Å². The van der Waals surface area contributed by atoms with Crippen molar-refractivity contribution >= 4 is 56.6 Å². The molecule has 2 aliphatic heterocycles. The van der Waals surface area contributed by atoms with Crippen LogP contribution in [0.1, 0.15) is 51.3 Å². The lowest BCUT2D eigenvalue weighted by Gasteiger charge is -2.48. The monoisotopic (exact) mass is 529 g/mol. The summed E-state index contributed by atoms with van der Waals surface area (Å²) in [6.07, 6.45) is 7.85. The van der Waals surface area contributed by atoms with Crippen LogP contribution in [0.15, 0.2) is 17.2 Å². The van der Waals surface area contributed by atoms with E-state index < -0.39 is 5.41 Å². The Hall–Kier alpha value is -1.77. The molecule has 2 aromatic heterocycles. The minimum atomic E-state index is -0.724. The number of aromatic nitrogens is 2. The number of nitrogens with zero attached hydrogens (tertiary/aromatic N) is 4. The fourth-order valence-electron chi connectivity index (χ4n) is 4.72. The molecular formula is C24H28ClN7OS2. The third-order valence-corrected chi connectivity index (χ3v) is 10.1. The van der Waals surface area contributed by atoms with Crippen molar-refractivity contribution in [3.63, 3.8) is 0 Å². The highest BCUT2D eigenvalue weighted by Crippen LogP contribution is 2.49. The van der Waals surface area contributed by atoms with Crippen molar-refractivity contribution in [1.82, 2.24) is 14.1 Å². The van der Waals surface area contributed by atoms with Crippen LogP contribution in [0, 0.1) is 33.0 Å². The third-order valence-electron chi connectivity index (χ3n) is 7.85. The SMILES string of the molecule is CC1(NSc2cc(N3CCC4(CC3)COC4)c3c(Cl)nc(C(=N)SC(=N)C4(C#N)CC4)n3c2)CC1. The molecule has 0 amide bonds. The summed E-state index contributed by atoms with van der Waals surface area (Å²) in [6, 6.07) is 4.42. The van der Waals surface area contributed by atoms with E-state index in [9.17, 15) is 5.26 Å². The molecule has 4 aliphatic rings. The van der Waals surface area contributed by atoms with Crippen molar-refractivity contribution in [3.05, 3.63) is 23.2 Å². The van der Waals surface area contributed by atoms with Crippen LogP contribution in [-0.2, 0) is 4.74 Å². The number of thioether (sulfide) groups is 1. The van der Waals surface area contributed by atoms with Gasteiger partial charge in [0.05, 0.1) is 30.0 Å². The number of ether oxygens (including phenoxy) is 1. The van der Waals surface area contributed by atoms with Crippen LogP contribution < -0.4 is 9.62 Å². The zero-order valence-electron chi connectivity index (χ0n) is 19.6. The molecule has 2 aromatic rings. The molecule has 2 aliphatic carbocycles. The predicted octanol–water partition coefficient (Wildman–Crippen LogP) is 5.09. The summed E-state index contributed by atoms with van der Waals surface area (Å²) in [5, 5.41) is 27.3. The second-order valence-electron chi connectivity index (χ2n) is 10.7. The molecule has 4 fully saturated rings. The van der Waals surface area contributed by atoms with Gasteiger partial charge >= 0.3 is 0 Å². The quantitative estimate of drug-likeness (QED) is 0.271. The van der Waals surface area contributed by atoms with Gasteiger partial charge in [-0.1, -0.05) is 23.4 Å². The van der Waals surface area contributed by atoms with Crippen LogP contribution in [0.5, 0.6) is 0 Å². The molecule has 8 nitrogen and oxygen atoms in total. The summed E-state index contributed by atoms with van der Waals surface area (Å²) < 4.78 is 11.0. The van der Waals surface area contributed by atoms with Gasteiger partial charge in [0, 0.05) is 35.1 Å². The Balaban J connectivity index is 1.34. The lowest BCUT2D eigenvalue weighted by Crippen LogP contribution is -2.51. The smallest absolute Gasteiger partial charge is 0.171 e. The largest absolute Gasteiger partial charge is 0.380 e. The molecule has 35 heavy (non-hydrogen) atoms. The van der Waals surface area contributed by atoms with Gasteiger partial charge in [-0.15, -0.1) is 0 Å². The average Bonchev–Trinajstić information content (AvgIpc) is 3.75. The van der Waals surface area contributed by atoms with Gasteiger partial charge in [-0.3, -0.25) is 19.9 Å².